The first-order chi connectivity index (χ1) is 25.6. The quantitative estimate of drug-likeness (QED) is 0.221. The number of anilines is 3. The highest BCUT2D eigenvalue weighted by Gasteiger charge is 2.35. The van der Waals surface area contributed by atoms with Gasteiger partial charge < -0.3 is 24.7 Å². The molecule has 280 valence electrons. The Hall–Kier alpha value is -4.78. The first-order valence-electron chi connectivity index (χ1n) is 19.0. The van der Waals surface area contributed by atoms with Crippen molar-refractivity contribution < 1.29 is 23.5 Å². The van der Waals surface area contributed by atoms with Crippen molar-refractivity contribution >= 4 is 29.1 Å². The summed E-state index contributed by atoms with van der Waals surface area (Å²) in [5.74, 6) is 0.553. The maximum absolute atomic E-state index is 14.6. The minimum Gasteiger partial charge on any atom is -0.478 e. The number of benzene rings is 2. The van der Waals surface area contributed by atoms with Crippen LogP contribution in [-0.2, 0) is 31.2 Å². The second-order valence-electron chi connectivity index (χ2n) is 15.2. The molecule has 0 unspecified atom stereocenters. The van der Waals surface area contributed by atoms with Crippen LogP contribution in [0.1, 0.15) is 84.2 Å². The Kier molecular flexibility index (Phi) is 9.69. The smallest absolute Gasteiger partial charge is 0.335 e. The van der Waals surface area contributed by atoms with Gasteiger partial charge in [0.2, 0.25) is 5.91 Å². The molecule has 0 spiro atoms. The number of aromatic nitrogens is 4. The third-order valence-electron chi connectivity index (χ3n) is 11.9. The monoisotopic (exact) mass is 726 g/mol. The molecule has 1 amide bonds. The van der Waals surface area contributed by atoms with Crippen molar-refractivity contribution in [3.05, 3.63) is 76.7 Å². The molecular formula is C40H48F2N8O3. The Morgan fingerprint density at radius 3 is 2.38 bits per heavy atom. The van der Waals surface area contributed by atoms with E-state index in [1.54, 1.807) is 49.2 Å². The Bertz CT molecular complexity index is 1980. The summed E-state index contributed by atoms with van der Waals surface area (Å²) in [6.45, 7) is 8.41. The second-order valence-corrected chi connectivity index (χ2v) is 15.2. The van der Waals surface area contributed by atoms with Crippen molar-refractivity contribution in [2.75, 3.05) is 55.6 Å². The Labute approximate surface area is 308 Å². The molecule has 2 fully saturated rings. The van der Waals surface area contributed by atoms with Crippen LogP contribution in [0.5, 0.6) is 0 Å². The number of piperidine rings is 2. The van der Waals surface area contributed by atoms with Crippen LogP contribution in [0, 0.1) is 5.92 Å². The van der Waals surface area contributed by atoms with E-state index >= 15 is 0 Å². The number of rotatable bonds is 8. The average Bonchev–Trinajstić information content (AvgIpc) is 3.78. The van der Waals surface area contributed by atoms with Crippen molar-refractivity contribution in [3.8, 4) is 11.1 Å². The van der Waals surface area contributed by atoms with E-state index < -0.39 is 12.4 Å². The van der Waals surface area contributed by atoms with Gasteiger partial charge in [0.1, 0.15) is 0 Å². The van der Waals surface area contributed by atoms with Crippen LogP contribution >= 0.6 is 0 Å². The molecule has 2 saturated heterocycles. The van der Waals surface area contributed by atoms with Crippen molar-refractivity contribution in [1.29, 1.82) is 0 Å². The number of carbonyl (C=O) groups excluding carboxylic acids is 1. The van der Waals surface area contributed by atoms with Gasteiger partial charge >= 0.3 is 5.97 Å². The Balaban J connectivity index is 0.989. The predicted octanol–water partition coefficient (Wildman–Crippen LogP) is 6.46. The summed E-state index contributed by atoms with van der Waals surface area (Å²) >= 11 is 0. The molecule has 4 aliphatic rings. The topological polar surface area (TPSA) is 103 Å². The number of halogens is 2. The first-order valence-corrected chi connectivity index (χ1v) is 19.0. The van der Waals surface area contributed by atoms with Crippen LogP contribution in [0.2, 0.25) is 0 Å². The minimum atomic E-state index is -2.64. The number of hydrogen-bond acceptors (Lipinski definition) is 7. The SMILES string of the molecule is CC(=O)N1CCc2c(c(N3CCCc4cc(-c5cnn(C)c5)c(C(F)F)cc43)nn2C2CCN(CC3CCN(c4ccc(C(=O)O)cc4)CC3)CC2)C1. The molecule has 6 heterocycles. The lowest BCUT2D eigenvalue weighted by Crippen LogP contribution is -2.42. The fraction of sp³-hybridized carbons (Fsp3) is 0.500. The summed E-state index contributed by atoms with van der Waals surface area (Å²) in [7, 11) is 1.79. The number of amides is 1. The van der Waals surface area contributed by atoms with Gasteiger partial charge in [-0.2, -0.15) is 10.2 Å². The highest BCUT2D eigenvalue weighted by atomic mass is 19.3. The van der Waals surface area contributed by atoms with Crippen molar-refractivity contribution in [2.45, 2.75) is 70.9 Å². The van der Waals surface area contributed by atoms with Gasteiger partial charge in [-0.3, -0.25) is 14.2 Å². The lowest BCUT2D eigenvalue weighted by Gasteiger charge is -2.38. The molecule has 53 heavy (non-hydrogen) atoms. The molecule has 8 rings (SSSR count). The number of aryl methyl sites for hydroxylation is 2. The predicted molar refractivity (Wildman–Crippen MR) is 199 cm³/mol. The third kappa shape index (κ3) is 7.03. The fourth-order valence-corrected chi connectivity index (χ4v) is 8.98. The zero-order chi connectivity index (χ0) is 36.8. The molecule has 2 aromatic carbocycles. The van der Waals surface area contributed by atoms with E-state index in [2.05, 4.69) is 24.5 Å². The standard InChI is InChI=1S/C40H48F2N8O3/c1-26(51)48-19-13-36-35(25-48)39(49-14-3-4-29-20-33(30-22-43-45(2)24-30)34(38(41)42)21-37(29)49)44-50(36)32-11-15-46(16-12-32)23-27-9-17-47(18-10-27)31-7-5-28(6-8-31)40(52)53/h5-8,20-22,24,27,32,38H,3-4,9-19,23,25H2,1-2H3,(H,52,53). The van der Waals surface area contributed by atoms with Crippen LogP contribution in [0.15, 0.2) is 48.8 Å². The minimum absolute atomic E-state index is 0.00486. The Morgan fingerprint density at radius 2 is 1.72 bits per heavy atom. The zero-order valence-corrected chi connectivity index (χ0v) is 30.6. The van der Waals surface area contributed by atoms with Gasteiger partial charge in [-0.25, -0.2) is 13.6 Å². The summed E-state index contributed by atoms with van der Waals surface area (Å²) in [6.07, 6.45) is 7.36. The number of fused-ring (bicyclic) bond motifs is 2. The lowest BCUT2D eigenvalue weighted by molar-refractivity contribution is -0.129. The molecule has 0 aliphatic carbocycles. The van der Waals surface area contributed by atoms with Gasteiger partial charge in [-0.15, -0.1) is 0 Å². The molecular weight excluding hydrogens is 678 g/mol. The van der Waals surface area contributed by atoms with Crippen LogP contribution in [0.4, 0.5) is 26.0 Å². The molecule has 2 aromatic heterocycles. The number of likely N-dealkylation sites (tertiary alicyclic amines) is 1. The fourth-order valence-electron chi connectivity index (χ4n) is 8.98. The average molecular weight is 727 g/mol. The number of carboxylic acids is 1. The molecule has 4 aromatic rings. The summed E-state index contributed by atoms with van der Waals surface area (Å²) < 4.78 is 33.2. The van der Waals surface area contributed by atoms with Crippen LogP contribution in [0.25, 0.3) is 11.1 Å². The summed E-state index contributed by atoms with van der Waals surface area (Å²) in [6, 6.07) is 11.0. The maximum Gasteiger partial charge on any atom is 0.335 e. The van der Waals surface area contributed by atoms with Crippen molar-refractivity contribution in [3.63, 3.8) is 0 Å². The van der Waals surface area contributed by atoms with E-state index in [9.17, 15) is 23.5 Å². The number of carbonyl (C=O) groups is 2. The maximum atomic E-state index is 14.6. The van der Waals surface area contributed by atoms with E-state index in [4.69, 9.17) is 5.10 Å². The van der Waals surface area contributed by atoms with Crippen molar-refractivity contribution in [2.24, 2.45) is 13.0 Å². The molecule has 1 N–H and O–H groups in total. The number of hydrogen-bond donors (Lipinski definition) is 1. The van der Waals surface area contributed by atoms with E-state index in [1.165, 1.54) is 5.69 Å². The molecule has 0 radical (unpaired) electrons. The van der Waals surface area contributed by atoms with Crippen LogP contribution < -0.4 is 9.80 Å². The molecule has 0 atom stereocenters. The highest BCUT2D eigenvalue weighted by molar-refractivity contribution is 5.88. The third-order valence-corrected chi connectivity index (χ3v) is 11.9. The van der Waals surface area contributed by atoms with Gasteiger partial charge in [-0.05, 0) is 92.0 Å². The van der Waals surface area contributed by atoms with Crippen molar-refractivity contribution in [1.82, 2.24) is 29.4 Å². The van der Waals surface area contributed by atoms with Gasteiger partial charge in [0.15, 0.2) is 5.82 Å². The summed E-state index contributed by atoms with van der Waals surface area (Å²) in [5.41, 5.74) is 6.62. The Morgan fingerprint density at radius 1 is 0.962 bits per heavy atom. The molecule has 13 heteroatoms. The normalized spacial score (nSPS) is 18.8. The number of carboxylic acid groups (broad SMARTS) is 1. The van der Waals surface area contributed by atoms with Gasteiger partial charge in [0, 0.05) is 106 Å². The van der Waals surface area contributed by atoms with E-state index in [0.717, 1.165) is 106 Å². The molecule has 11 nitrogen and oxygen atoms in total. The zero-order valence-electron chi connectivity index (χ0n) is 30.6. The molecule has 0 bridgehead atoms. The van der Waals surface area contributed by atoms with E-state index in [0.29, 0.717) is 42.2 Å². The number of nitrogens with zero attached hydrogens (tertiary/aromatic N) is 8. The van der Waals surface area contributed by atoms with Crippen LogP contribution in [-0.4, -0.2) is 92.2 Å². The second kappa shape index (κ2) is 14.6. The highest BCUT2D eigenvalue weighted by Crippen LogP contribution is 2.44. The van der Waals surface area contributed by atoms with E-state index in [1.807, 2.05) is 23.1 Å². The van der Waals surface area contributed by atoms with Gasteiger partial charge in [0.25, 0.3) is 6.43 Å². The van der Waals surface area contributed by atoms with Crippen LogP contribution in [0.3, 0.4) is 0 Å². The lowest BCUT2D eigenvalue weighted by atomic mass is 9.92. The number of aromatic carboxylic acids is 1. The van der Waals surface area contributed by atoms with E-state index in [-0.39, 0.29) is 17.5 Å². The summed E-state index contributed by atoms with van der Waals surface area (Å²) in [4.78, 5) is 32.8. The number of alkyl halides is 2. The largest absolute Gasteiger partial charge is 0.478 e. The molecule has 0 saturated carbocycles. The molecule has 4 aliphatic heterocycles. The first kappa shape index (κ1) is 35.3. The van der Waals surface area contributed by atoms with Gasteiger partial charge in [-0.1, -0.05) is 0 Å². The summed E-state index contributed by atoms with van der Waals surface area (Å²) in [5, 5.41) is 18.8. The van der Waals surface area contributed by atoms with Gasteiger partial charge in [0.05, 0.1) is 24.3 Å².